The highest BCUT2D eigenvalue weighted by Gasteiger charge is 2.14. The van der Waals surface area contributed by atoms with Crippen LogP contribution in [-0.2, 0) is 14.2 Å². The Kier molecular flexibility index (Phi) is 11.5. The van der Waals surface area contributed by atoms with Gasteiger partial charge in [-0.3, -0.25) is 10.1 Å². The Bertz CT molecular complexity index is 1640. The monoisotopic (exact) mass is 598 g/mol. The average molecular weight is 599 g/mol. The van der Waals surface area contributed by atoms with Crippen LogP contribution in [0.25, 0.3) is 10.8 Å². The number of carbonyl (C=O) groups is 2. The first-order valence-electron chi connectivity index (χ1n) is 13.9. The minimum absolute atomic E-state index is 0.243. The molecule has 1 unspecified atom stereocenters. The van der Waals surface area contributed by atoms with Crippen molar-refractivity contribution in [2.24, 2.45) is 0 Å². The molecule has 3 aromatic carbocycles. The summed E-state index contributed by atoms with van der Waals surface area (Å²) in [5, 5.41) is 19.1. The summed E-state index contributed by atoms with van der Waals surface area (Å²) in [6.07, 6.45) is 6.11. The Morgan fingerprint density at radius 2 is 1.75 bits per heavy atom. The molecule has 0 aliphatic carbocycles. The summed E-state index contributed by atoms with van der Waals surface area (Å²) in [6, 6.07) is 18.9. The highest BCUT2D eigenvalue weighted by molar-refractivity contribution is 6.02. The number of nitrogens with zero attached hydrogens (tertiary/aromatic N) is 1. The predicted octanol–water partition coefficient (Wildman–Crippen LogP) is 5.64. The number of rotatable bonds is 15. The molecule has 0 aliphatic heterocycles. The number of methoxy groups -OCH3 is 1. The van der Waals surface area contributed by atoms with Gasteiger partial charge in [0.1, 0.15) is 17.3 Å². The Labute approximate surface area is 255 Å². The van der Waals surface area contributed by atoms with E-state index in [-0.39, 0.29) is 11.9 Å². The van der Waals surface area contributed by atoms with E-state index in [2.05, 4.69) is 26.9 Å². The molecular weight excluding hydrogens is 564 g/mol. The molecule has 228 valence electrons. The number of carboxylic acid groups (broad SMARTS) is 1. The van der Waals surface area contributed by atoms with Crippen LogP contribution in [0.1, 0.15) is 22.8 Å². The summed E-state index contributed by atoms with van der Waals surface area (Å²) in [5.41, 5.74) is 1.93. The number of nitrogens with one attached hydrogen (secondary N) is 3. The number of hydrogen-bond donors (Lipinski definition) is 4. The van der Waals surface area contributed by atoms with E-state index in [1.54, 1.807) is 55.8 Å². The van der Waals surface area contributed by atoms with Crippen LogP contribution < -0.4 is 20.7 Å². The van der Waals surface area contributed by atoms with Crippen LogP contribution in [0.15, 0.2) is 72.9 Å². The molecule has 0 bridgehead atoms. The Morgan fingerprint density at radius 3 is 2.52 bits per heavy atom. The number of ether oxygens (including phenoxy) is 4. The predicted molar refractivity (Wildman–Crippen MR) is 168 cm³/mol. The fourth-order valence-electron chi connectivity index (χ4n) is 4.29. The van der Waals surface area contributed by atoms with Crippen LogP contribution in [0.5, 0.6) is 11.5 Å². The molecule has 1 aromatic heterocycles. The van der Waals surface area contributed by atoms with Crippen molar-refractivity contribution in [3.8, 4) is 23.8 Å². The standard InChI is InChI=1S/C33H34N4O7/c1-4-23-17-24(32(38)35-22(2)21-43-16-15-42-14-13-41-3)19-25(18-23)36-31-20-26(11-12-34-31)44-30-10-9-29(37-33(39)40)27-7-5-6-8-28(27)30/h1,5-12,17-20,22,37H,13-16,21H2,2-3H3,(H,34,36)(H,35,38)(H,39,40). The van der Waals surface area contributed by atoms with E-state index >= 15 is 0 Å². The zero-order valence-electron chi connectivity index (χ0n) is 24.5. The van der Waals surface area contributed by atoms with E-state index in [1.165, 1.54) is 0 Å². The topological polar surface area (TPSA) is 140 Å². The molecule has 11 nitrogen and oxygen atoms in total. The molecule has 0 saturated heterocycles. The molecule has 2 amide bonds. The molecule has 11 heteroatoms. The van der Waals surface area contributed by atoms with Gasteiger partial charge in [0.25, 0.3) is 5.91 Å². The zero-order valence-corrected chi connectivity index (χ0v) is 24.5. The van der Waals surface area contributed by atoms with Gasteiger partial charge >= 0.3 is 6.09 Å². The van der Waals surface area contributed by atoms with Crippen molar-refractivity contribution < 1.29 is 33.6 Å². The van der Waals surface area contributed by atoms with Crippen molar-refractivity contribution in [3.63, 3.8) is 0 Å². The van der Waals surface area contributed by atoms with Gasteiger partial charge in [0.05, 0.1) is 38.7 Å². The van der Waals surface area contributed by atoms with Crippen LogP contribution in [0.3, 0.4) is 0 Å². The number of terminal acetylenes is 1. The maximum atomic E-state index is 13.0. The second kappa shape index (κ2) is 15.9. The number of pyridine rings is 1. The molecule has 4 N–H and O–H groups in total. The molecule has 0 spiro atoms. The fraction of sp³-hybridized carbons (Fsp3) is 0.242. The van der Waals surface area contributed by atoms with Crippen molar-refractivity contribution in [1.82, 2.24) is 10.3 Å². The van der Waals surface area contributed by atoms with Gasteiger partial charge < -0.3 is 34.7 Å². The smallest absolute Gasteiger partial charge is 0.409 e. The lowest BCUT2D eigenvalue weighted by atomic mass is 10.1. The normalized spacial score (nSPS) is 11.4. The molecule has 44 heavy (non-hydrogen) atoms. The second-order valence-corrected chi connectivity index (χ2v) is 9.69. The summed E-state index contributed by atoms with van der Waals surface area (Å²) in [5.74, 6) is 3.79. The van der Waals surface area contributed by atoms with Crippen molar-refractivity contribution in [2.75, 3.05) is 50.8 Å². The minimum Gasteiger partial charge on any atom is -0.465 e. The van der Waals surface area contributed by atoms with Gasteiger partial charge in [-0.25, -0.2) is 9.78 Å². The first-order valence-corrected chi connectivity index (χ1v) is 13.9. The fourth-order valence-corrected chi connectivity index (χ4v) is 4.29. The molecule has 0 fully saturated rings. The number of benzene rings is 3. The summed E-state index contributed by atoms with van der Waals surface area (Å²) in [7, 11) is 1.61. The van der Waals surface area contributed by atoms with Crippen LogP contribution in [0.4, 0.5) is 22.0 Å². The van der Waals surface area contributed by atoms with Crippen molar-refractivity contribution >= 4 is 40.0 Å². The molecule has 1 heterocycles. The summed E-state index contributed by atoms with van der Waals surface area (Å²) >= 11 is 0. The third-order valence-corrected chi connectivity index (χ3v) is 6.27. The Morgan fingerprint density at radius 1 is 0.977 bits per heavy atom. The van der Waals surface area contributed by atoms with Gasteiger partial charge in [0.2, 0.25) is 0 Å². The zero-order chi connectivity index (χ0) is 31.3. The molecular formula is C33H34N4O7. The lowest BCUT2D eigenvalue weighted by Gasteiger charge is -2.16. The van der Waals surface area contributed by atoms with Crippen molar-refractivity contribution in [2.45, 2.75) is 13.0 Å². The van der Waals surface area contributed by atoms with E-state index in [0.717, 1.165) is 5.39 Å². The van der Waals surface area contributed by atoms with E-state index in [1.807, 2.05) is 31.2 Å². The number of aromatic nitrogens is 1. The van der Waals surface area contributed by atoms with Crippen molar-refractivity contribution in [1.29, 1.82) is 0 Å². The minimum atomic E-state index is -1.15. The largest absolute Gasteiger partial charge is 0.465 e. The quantitative estimate of drug-likeness (QED) is 0.101. The lowest BCUT2D eigenvalue weighted by Crippen LogP contribution is -2.36. The van der Waals surface area contributed by atoms with E-state index < -0.39 is 6.09 Å². The average Bonchev–Trinajstić information content (AvgIpc) is 3.01. The molecule has 0 saturated carbocycles. The van der Waals surface area contributed by atoms with E-state index in [0.29, 0.717) is 78.2 Å². The SMILES string of the molecule is C#Cc1cc(Nc2cc(Oc3ccc(NC(=O)O)c4ccccc34)ccn2)cc(C(=O)NC(C)COCCOCCOC)c1. The summed E-state index contributed by atoms with van der Waals surface area (Å²) in [6.45, 7) is 4.05. The number of carbonyl (C=O) groups excluding carboxylic acids is 1. The van der Waals surface area contributed by atoms with Crippen LogP contribution in [0.2, 0.25) is 0 Å². The maximum absolute atomic E-state index is 13.0. The lowest BCUT2D eigenvalue weighted by molar-refractivity contribution is 0.0205. The molecule has 0 radical (unpaired) electrons. The summed E-state index contributed by atoms with van der Waals surface area (Å²) < 4.78 is 22.0. The van der Waals surface area contributed by atoms with Crippen molar-refractivity contribution in [3.05, 3.63) is 84.1 Å². The highest BCUT2D eigenvalue weighted by Crippen LogP contribution is 2.35. The first-order chi connectivity index (χ1) is 21.4. The van der Waals surface area contributed by atoms with Gasteiger partial charge in [0.15, 0.2) is 0 Å². The molecule has 4 aromatic rings. The van der Waals surface area contributed by atoms with Gasteiger partial charge in [0, 0.05) is 53.0 Å². The molecule has 4 rings (SSSR count). The van der Waals surface area contributed by atoms with Gasteiger partial charge in [-0.1, -0.05) is 30.2 Å². The summed E-state index contributed by atoms with van der Waals surface area (Å²) in [4.78, 5) is 28.6. The number of anilines is 3. The van der Waals surface area contributed by atoms with Gasteiger partial charge in [-0.05, 0) is 43.3 Å². The first kappa shape index (κ1) is 31.8. The van der Waals surface area contributed by atoms with Gasteiger partial charge in [-0.15, -0.1) is 6.42 Å². The van der Waals surface area contributed by atoms with Crippen LogP contribution in [-0.4, -0.2) is 68.3 Å². The number of amides is 2. The van der Waals surface area contributed by atoms with E-state index in [9.17, 15) is 9.59 Å². The van der Waals surface area contributed by atoms with Crippen LogP contribution >= 0.6 is 0 Å². The number of hydrogen-bond acceptors (Lipinski definition) is 8. The molecule has 0 aliphatic rings. The molecule has 1 atom stereocenters. The van der Waals surface area contributed by atoms with E-state index in [4.69, 9.17) is 30.5 Å². The third kappa shape index (κ3) is 9.17. The Hall–Kier alpha value is -5.15. The second-order valence-electron chi connectivity index (χ2n) is 9.69. The van der Waals surface area contributed by atoms with Crippen LogP contribution in [0, 0.1) is 12.3 Å². The Balaban J connectivity index is 1.42. The maximum Gasteiger partial charge on any atom is 0.409 e. The number of fused-ring (bicyclic) bond motifs is 1. The third-order valence-electron chi connectivity index (χ3n) is 6.27. The highest BCUT2D eigenvalue weighted by atomic mass is 16.5. The van der Waals surface area contributed by atoms with Gasteiger partial charge in [-0.2, -0.15) is 0 Å².